The fraction of sp³-hybridized carbons (Fsp3) is 0.333. The number of aryl methyl sites for hydroxylation is 2. The molecule has 142 valence electrons. The van der Waals surface area contributed by atoms with Crippen molar-refractivity contribution in [2.75, 3.05) is 13.9 Å². The highest BCUT2D eigenvalue weighted by molar-refractivity contribution is 5.78. The second kappa shape index (κ2) is 8.58. The number of fused-ring (bicyclic) bond motifs is 1. The molecule has 3 rings (SSSR count). The Labute approximate surface area is 158 Å². The Bertz CT molecular complexity index is 816. The molecular formula is C21H23NO5. The highest BCUT2D eigenvalue weighted by Crippen LogP contribution is 2.32. The zero-order chi connectivity index (χ0) is 19.2. The SMILES string of the molecule is COC(=O)C[C@@H](NC(=O)CCc1ccc2c(c1)OCO2)c1ccc(C)cc1. The van der Waals surface area contributed by atoms with E-state index in [1.54, 1.807) is 0 Å². The fourth-order valence-corrected chi connectivity index (χ4v) is 2.92. The first kappa shape index (κ1) is 18.8. The standard InChI is InChI=1S/C21H23NO5/c1-14-3-7-16(8-4-14)17(12-21(24)25-2)22-20(23)10-6-15-5-9-18-19(11-15)27-13-26-18/h3-5,7-9,11,17H,6,10,12-13H2,1-2H3,(H,22,23)/t17-/m1/s1. The minimum absolute atomic E-state index is 0.0926. The van der Waals surface area contributed by atoms with E-state index in [2.05, 4.69) is 5.32 Å². The van der Waals surface area contributed by atoms with Crippen LogP contribution in [0.2, 0.25) is 0 Å². The van der Waals surface area contributed by atoms with Gasteiger partial charge in [-0.1, -0.05) is 35.9 Å². The summed E-state index contributed by atoms with van der Waals surface area (Å²) < 4.78 is 15.4. The Morgan fingerprint density at radius 3 is 2.59 bits per heavy atom. The number of hydrogen-bond donors (Lipinski definition) is 1. The maximum absolute atomic E-state index is 12.5. The third-order valence-corrected chi connectivity index (χ3v) is 4.49. The number of carbonyl (C=O) groups excluding carboxylic acids is 2. The molecule has 0 aromatic heterocycles. The summed E-state index contributed by atoms with van der Waals surface area (Å²) in [6.45, 7) is 2.22. The quantitative estimate of drug-likeness (QED) is 0.759. The van der Waals surface area contributed by atoms with Gasteiger partial charge in [-0.15, -0.1) is 0 Å². The van der Waals surface area contributed by atoms with Crippen molar-refractivity contribution in [2.45, 2.75) is 32.2 Å². The number of benzene rings is 2. The number of carbonyl (C=O) groups is 2. The van der Waals surface area contributed by atoms with Gasteiger partial charge in [0, 0.05) is 6.42 Å². The van der Waals surface area contributed by atoms with Gasteiger partial charge in [0.1, 0.15) is 0 Å². The molecule has 0 saturated carbocycles. The molecule has 0 fully saturated rings. The van der Waals surface area contributed by atoms with E-state index in [1.165, 1.54) is 7.11 Å². The van der Waals surface area contributed by atoms with E-state index in [9.17, 15) is 9.59 Å². The van der Waals surface area contributed by atoms with Crippen LogP contribution in [0.3, 0.4) is 0 Å². The van der Waals surface area contributed by atoms with Gasteiger partial charge in [-0.05, 0) is 36.6 Å². The summed E-state index contributed by atoms with van der Waals surface area (Å²) in [5.41, 5.74) is 2.99. The number of nitrogens with one attached hydrogen (secondary N) is 1. The second-order valence-electron chi connectivity index (χ2n) is 6.50. The summed E-state index contributed by atoms with van der Waals surface area (Å²) in [7, 11) is 1.34. The molecule has 1 N–H and O–H groups in total. The van der Waals surface area contributed by atoms with Crippen LogP contribution in [0.15, 0.2) is 42.5 Å². The molecule has 0 radical (unpaired) electrons. The molecule has 0 bridgehead atoms. The highest BCUT2D eigenvalue weighted by Gasteiger charge is 2.19. The van der Waals surface area contributed by atoms with Crippen molar-refractivity contribution in [3.63, 3.8) is 0 Å². The molecule has 6 heteroatoms. The molecule has 1 aliphatic heterocycles. The fourth-order valence-electron chi connectivity index (χ4n) is 2.92. The van der Waals surface area contributed by atoms with E-state index < -0.39 is 6.04 Å². The van der Waals surface area contributed by atoms with Gasteiger partial charge in [0.25, 0.3) is 0 Å². The van der Waals surface area contributed by atoms with Crippen LogP contribution in [0, 0.1) is 6.92 Å². The van der Waals surface area contributed by atoms with Crippen LogP contribution in [0.1, 0.15) is 35.6 Å². The van der Waals surface area contributed by atoms with Crippen molar-refractivity contribution in [1.82, 2.24) is 5.32 Å². The van der Waals surface area contributed by atoms with Gasteiger partial charge in [-0.2, -0.15) is 0 Å². The van der Waals surface area contributed by atoms with Gasteiger partial charge in [-0.25, -0.2) is 0 Å². The lowest BCUT2D eigenvalue weighted by Gasteiger charge is -2.18. The van der Waals surface area contributed by atoms with E-state index in [-0.39, 0.29) is 25.1 Å². The van der Waals surface area contributed by atoms with Crippen molar-refractivity contribution in [2.24, 2.45) is 0 Å². The Morgan fingerprint density at radius 2 is 1.85 bits per heavy atom. The van der Waals surface area contributed by atoms with Crippen molar-refractivity contribution in [1.29, 1.82) is 0 Å². The van der Waals surface area contributed by atoms with Crippen LogP contribution in [0.25, 0.3) is 0 Å². The molecule has 1 heterocycles. The smallest absolute Gasteiger partial charge is 0.307 e. The summed E-state index contributed by atoms with van der Waals surface area (Å²) >= 11 is 0. The molecule has 0 spiro atoms. The molecule has 1 aliphatic rings. The lowest BCUT2D eigenvalue weighted by Crippen LogP contribution is -2.30. The van der Waals surface area contributed by atoms with Gasteiger partial charge < -0.3 is 19.5 Å². The Balaban J connectivity index is 1.61. The number of rotatable bonds is 7. The van der Waals surface area contributed by atoms with Gasteiger partial charge in [-0.3, -0.25) is 9.59 Å². The maximum atomic E-state index is 12.5. The van der Waals surface area contributed by atoms with E-state index in [4.69, 9.17) is 14.2 Å². The van der Waals surface area contributed by atoms with Crippen molar-refractivity contribution in [3.05, 3.63) is 59.2 Å². The number of hydrogen-bond acceptors (Lipinski definition) is 5. The molecule has 2 aromatic carbocycles. The Morgan fingerprint density at radius 1 is 1.11 bits per heavy atom. The van der Waals surface area contributed by atoms with Gasteiger partial charge in [0.15, 0.2) is 11.5 Å². The summed E-state index contributed by atoms with van der Waals surface area (Å²) in [6.07, 6.45) is 0.972. The largest absolute Gasteiger partial charge is 0.469 e. The van der Waals surface area contributed by atoms with Crippen molar-refractivity contribution >= 4 is 11.9 Å². The van der Waals surface area contributed by atoms with Crippen molar-refractivity contribution < 1.29 is 23.8 Å². The van der Waals surface area contributed by atoms with E-state index >= 15 is 0 Å². The summed E-state index contributed by atoms with van der Waals surface area (Å²) in [5, 5.41) is 2.94. The van der Waals surface area contributed by atoms with E-state index in [0.29, 0.717) is 18.6 Å². The Kier molecular flexibility index (Phi) is 5.96. The van der Waals surface area contributed by atoms with Crippen LogP contribution in [-0.2, 0) is 20.7 Å². The maximum Gasteiger partial charge on any atom is 0.307 e. The lowest BCUT2D eigenvalue weighted by atomic mass is 10.0. The van der Waals surface area contributed by atoms with Crippen LogP contribution in [-0.4, -0.2) is 25.8 Å². The highest BCUT2D eigenvalue weighted by atomic mass is 16.7. The minimum Gasteiger partial charge on any atom is -0.469 e. The summed E-state index contributed by atoms with van der Waals surface area (Å²) in [5.74, 6) is 0.940. The van der Waals surface area contributed by atoms with Crippen LogP contribution in [0.4, 0.5) is 0 Å². The average molecular weight is 369 g/mol. The molecule has 6 nitrogen and oxygen atoms in total. The third-order valence-electron chi connectivity index (χ3n) is 4.49. The first-order valence-corrected chi connectivity index (χ1v) is 8.86. The molecule has 0 saturated heterocycles. The monoisotopic (exact) mass is 369 g/mol. The molecule has 1 atom stereocenters. The van der Waals surface area contributed by atoms with Gasteiger partial charge in [0.05, 0.1) is 19.6 Å². The molecule has 0 unspecified atom stereocenters. The molecule has 1 amide bonds. The number of methoxy groups -OCH3 is 1. The minimum atomic E-state index is -0.415. The van der Waals surface area contributed by atoms with E-state index in [0.717, 1.165) is 22.4 Å². The van der Waals surface area contributed by atoms with Gasteiger partial charge in [0.2, 0.25) is 12.7 Å². The summed E-state index contributed by atoms with van der Waals surface area (Å²) in [6, 6.07) is 13.0. The first-order valence-electron chi connectivity index (χ1n) is 8.86. The molecule has 27 heavy (non-hydrogen) atoms. The zero-order valence-electron chi connectivity index (χ0n) is 15.5. The Hall–Kier alpha value is -3.02. The zero-order valence-corrected chi connectivity index (χ0v) is 15.5. The third kappa shape index (κ3) is 5.00. The molecule has 0 aliphatic carbocycles. The van der Waals surface area contributed by atoms with Crippen LogP contribution < -0.4 is 14.8 Å². The van der Waals surface area contributed by atoms with Crippen molar-refractivity contribution in [3.8, 4) is 11.5 Å². The van der Waals surface area contributed by atoms with Crippen LogP contribution >= 0.6 is 0 Å². The predicted molar refractivity (Wildman–Crippen MR) is 99.6 cm³/mol. The normalized spacial score (nSPS) is 13.1. The second-order valence-corrected chi connectivity index (χ2v) is 6.50. The average Bonchev–Trinajstić information content (AvgIpc) is 3.14. The van der Waals surface area contributed by atoms with E-state index in [1.807, 2.05) is 49.4 Å². The lowest BCUT2D eigenvalue weighted by molar-refractivity contribution is -0.141. The van der Waals surface area contributed by atoms with Gasteiger partial charge >= 0.3 is 5.97 Å². The predicted octanol–water partition coefficient (Wildman–Crippen LogP) is 3.08. The number of ether oxygens (including phenoxy) is 3. The molecule has 2 aromatic rings. The number of amides is 1. The first-order chi connectivity index (χ1) is 13.0. The van der Waals surface area contributed by atoms with Crippen LogP contribution in [0.5, 0.6) is 11.5 Å². The topological polar surface area (TPSA) is 73.9 Å². The summed E-state index contributed by atoms with van der Waals surface area (Å²) in [4.78, 5) is 24.2. The molecular weight excluding hydrogens is 346 g/mol. The number of esters is 1.